The van der Waals surface area contributed by atoms with Crippen molar-refractivity contribution in [3.63, 3.8) is 0 Å². The first-order chi connectivity index (χ1) is 12.8. The van der Waals surface area contributed by atoms with Gasteiger partial charge in [-0.25, -0.2) is 0 Å². The van der Waals surface area contributed by atoms with Crippen molar-refractivity contribution in [2.45, 2.75) is 12.8 Å². The van der Waals surface area contributed by atoms with Gasteiger partial charge in [0.15, 0.2) is 11.5 Å². The second-order valence-electron chi connectivity index (χ2n) is 6.18. The molecule has 1 aliphatic rings. The van der Waals surface area contributed by atoms with E-state index >= 15 is 0 Å². The number of nitrogens with one attached hydrogen (secondary N) is 1. The Hall–Kier alpha value is -3.27. The Balaban J connectivity index is 1.33. The average molecular weight is 345 g/mol. The summed E-state index contributed by atoms with van der Waals surface area (Å²) in [6.07, 6.45) is 1.07. The van der Waals surface area contributed by atoms with Crippen LogP contribution in [0.5, 0.6) is 11.5 Å². The number of carbonyl (C=O) groups is 1. The lowest BCUT2D eigenvalue weighted by Crippen LogP contribution is -2.12. The van der Waals surface area contributed by atoms with Gasteiger partial charge in [-0.05, 0) is 47.4 Å². The number of rotatable bonds is 5. The lowest BCUT2D eigenvalue weighted by molar-refractivity contribution is -0.116. The minimum Gasteiger partial charge on any atom is -0.454 e. The zero-order chi connectivity index (χ0) is 17.8. The Bertz CT molecular complexity index is 904. The van der Waals surface area contributed by atoms with Crippen LogP contribution in [0, 0.1) is 0 Å². The zero-order valence-electron chi connectivity index (χ0n) is 14.3. The molecule has 0 bridgehead atoms. The fourth-order valence-electron chi connectivity index (χ4n) is 2.95. The van der Waals surface area contributed by atoms with Crippen molar-refractivity contribution >= 4 is 11.6 Å². The van der Waals surface area contributed by atoms with E-state index in [0.717, 1.165) is 33.9 Å². The summed E-state index contributed by atoms with van der Waals surface area (Å²) in [5.74, 6) is 1.51. The van der Waals surface area contributed by atoms with Gasteiger partial charge in [-0.2, -0.15) is 0 Å². The van der Waals surface area contributed by atoms with E-state index < -0.39 is 0 Å². The van der Waals surface area contributed by atoms with Crippen LogP contribution in [-0.4, -0.2) is 12.7 Å². The van der Waals surface area contributed by atoms with E-state index in [9.17, 15) is 4.79 Å². The van der Waals surface area contributed by atoms with E-state index in [-0.39, 0.29) is 12.7 Å². The van der Waals surface area contributed by atoms with Gasteiger partial charge in [0, 0.05) is 12.1 Å². The molecule has 0 aliphatic carbocycles. The van der Waals surface area contributed by atoms with Crippen molar-refractivity contribution in [2.75, 3.05) is 12.1 Å². The molecule has 26 heavy (non-hydrogen) atoms. The summed E-state index contributed by atoms with van der Waals surface area (Å²) < 4.78 is 10.7. The van der Waals surface area contributed by atoms with Crippen LogP contribution in [0.3, 0.4) is 0 Å². The molecule has 4 heteroatoms. The van der Waals surface area contributed by atoms with Gasteiger partial charge >= 0.3 is 0 Å². The lowest BCUT2D eigenvalue weighted by atomic mass is 10.1. The third-order valence-corrected chi connectivity index (χ3v) is 4.35. The van der Waals surface area contributed by atoms with E-state index in [1.165, 1.54) is 0 Å². The SMILES string of the molecule is O=C(CCc1ccc2c(c1)OCO2)Nc1ccc(-c2ccccc2)cc1. The number of benzene rings is 3. The molecular formula is C22H19NO3. The molecule has 1 heterocycles. The highest BCUT2D eigenvalue weighted by Crippen LogP contribution is 2.32. The molecule has 0 saturated heterocycles. The molecule has 1 N–H and O–H groups in total. The van der Waals surface area contributed by atoms with Crippen LogP contribution in [0.25, 0.3) is 11.1 Å². The normalized spacial score (nSPS) is 12.0. The third kappa shape index (κ3) is 3.70. The molecule has 4 rings (SSSR count). The average Bonchev–Trinajstić information content (AvgIpc) is 3.15. The van der Waals surface area contributed by atoms with Gasteiger partial charge in [0.05, 0.1) is 0 Å². The Labute approximate surface area is 152 Å². The van der Waals surface area contributed by atoms with Gasteiger partial charge in [0.1, 0.15) is 0 Å². The van der Waals surface area contributed by atoms with Gasteiger partial charge < -0.3 is 14.8 Å². The number of anilines is 1. The maximum atomic E-state index is 12.2. The van der Waals surface area contributed by atoms with Gasteiger partial charge in [0.25, 0.3) is 0 Å². The first-order valence-corrected chi connectivity index (χ1v) is 8.62. The summed E-state index contributed by atoms with van der Waals surface area (Å²) in [5, 5.41) is 2.95. The Kier molecular flexibility index (Phi) is 4.56. The number of fused-ring (bicyclic) bond motifs is 1. The van der Waals surface area contributed by atoms with Crippen LogP contribution < -0.4 is 14.8 Å². The Morgan fingerprint density at radius 2 is 1.58 bits per heavy atom. The molecule has 0 fully saturated rings. The maximum absolute atomic E-state index is 12.2. The van der Waals surface area contributed by atoms with E-state index in [4.69, 9.17) is 9.47 Å². The molecule has 4 nitrogen and oxygen atoms in total. The molecule has 3 aromatic rings. The third-order valence-electron chi connectivity index (χ3n) is 4.35. The van der Waals surface area contributed by atoms with E-state index in [1.54, 1.807) is 0 Å². The number of aryl methyl sites for hydroxylation is 1. The van der Waals surface area contributed by atoms with Gasteiger partial charge in [-0.1, -0.05) is 48.5 Å². The second-order valence-corrected chi connectivity index (χ2v) is 6.18. The van der Waals surface area contributed by atoms with Crippen molar-refractivity contribution in [2.24, 2.45) is 0 Å². The van der Waals surface area contributed by atoms with Gasteiger partial charge in [-0.15, -0.1) is 0 Å². The Morgan fingerprint density at radius 1 is 0.846 bits per heavy atom. The molecule has 0 saturated carbocycles. The number of amides is 1. The number of hydrogen-bond donors (Lipinski definition) is 1. The molecule has 1 amide bonds. The topological polar surface area (TPSA) is 47.6 Å². The number of ether oxygens (including phenoxy) is 2. The van der Waals surface area contributed by atoms with E-state index in [2.05, 4.69) is 17.4 Å². The van der Waals surface area contributed by atoms with Crippen LogP contribution in [0.4, 0.5) is 5.69 Å². The van der Waals surface area contributed by atoms with Crippen molar-refractivity contribution in [3.05, 3.63) is 78.4 Å². The van der Waals surface area contributed by atoms with Crippen LogP contribution in [0.15, 0.2) is 72.8 Å². The highest BCUT2D eigenvalue weighted by atomic mass is 16.7. The smallest absolute Gasteiger partial charge is 0.231 e. The second kappa shape index (κ2) is 7.31. The van der Waals surface area contributed by atoms with Crippen LogP contribution in [-0.2, 0) is 11.2 Å². The molecule has 130 valence electrons. The fraction of sp³-hybridized carbons (Fsp3) is 0.136. The molecular weight excluding hydrogens is 326 g/mol. The highest BCUT2D eigenvalue weighted by molar-refractivity contribution is 5.91. The summed E-state index contributed by atoms with van der Waals surface area (Å²) in [6.45, 7) is 0.262. The van der Waals surface area contributed by atoms with Crippen LogP contribution in [0.1, 0.15) is 12.0 Å². The summed E-state index contributed by atoms with van der Waals surface area (Å²) >= 11 is 0. The van der Waals surface area contributed by atoms with Gasteiger partial charge in [-0.3, -0.25) is 4.79 Å². The molecule has 0 atom stereocenters. The minimum absolute atomic E-state index is 0.00451. The lowest BCUT2D eigenvalue weighted by Gasteiger charge is -2.07. The summed E-state index contributed by atoms with van der Waals surface area (Å²) in [5.41, 5.74) is 4.15. The van der Waals surface area contributed by atoms with E-state index in [1.807, 2.05) is 60.7 Å². The Morgan fingerprint density at radius 3 is 2.38 bits per heavy atom. The zero-order valence-corrected chi connectivity index (χ0v) is 14.3. The van der Waals surface area contributed by atoms with Crippen molar-refractivity contribution in [1.29, 1.82) is 0 Å². The van der Waals surface area contributed by atoms with Gasteiger partial charge in [0.2, 0.25) is 12.7 Å². The molecule has 3 aromatic carbocycles. The molecule has 0 unspecified atom stereocenters. The molecule has 0 aromatic heterocycles. The molecule has 0 radical (unpaired) electrons. The summed E-state index contributed by atoms with van der Waals surface area (Å²) in [6, 6.07) is 23.9. The summed E-state index contributed by atoms with van der Waals surface area (Å²) in [7, 11) is 0. The van der Waals surface area contributed by atoms with Crippen molar-refractivity contribution < 1.29 is 14.3 Å². The van der Waals surface area contributed by atoms with Crippen LogP contribution >= 0.6 is 0 Å². The van der Waals surface area contributed by atoms with Crippen LogP contribution in [0.2, 0.25) is 0 Å². The highest BCUT2D eigenvalue weighted by Gasteiger charge is 2.13. The first-order valence-electron chi connectivity index (χ1n) is 8.62. The molecule has 0 spiro atoms. The monoisotopic (exact) mass is 345 g/mol. The number of carbonyl (C=O) groups excluding carboxylic acids is 1. The maximum Gasteiger partial charge on any atom is 0.231 e. The van der Waals surface area contributed by atoms with E-state index in [0.29, 0.717) is 12.8 Å². The predicted molar refractivity (Wildman–Crippen MR) is 101 cm³/mol. The molecule has 1 aliphatic heterocycles. The number of hydrogen-bond acceptors (Lipinski definition) is 3. The fourth-order valence-corrected chi connectivity index (χ4v) is 2.95. The van der Waals surface area contributed by atoms with Crippen molar-refractivity contribution in [3.8, 4) is 22.6 Å². The first kappa shape index (κ1) is 16.2. The minimum atomic E-state index is -0.00451. The standard InChI is InChI=1S/C22H19NO3/c24-22(13-7-16-6-12-20-21(14-16)26-15-25-20)23-19-10-8-18(9-11-19)17-4-2-1-3-5-17/h1-6,8-12,14H,7,13,15H2,(H,23,24). The van der Waals surface area contributed by atoms with Crippen molar-refractivity contribution in [1.82, 2.24) is 0 Å². The predicted octanol–water partition coefficient (Wildman–Crippen LogP) is 4.65. The summed E-state index contributed by atoms with van der Waals surface area (Å²) in [4.78, 5) is 12.2. The quantitative estimate of drug-likeness (QED) is 0.732. The largest absolute Gasteiger partial charge is 0.454 e.